The Labute approximate surface area is 163 Å². The van der Waals surface area contributed by atoms with Crippen molar-refractivity contribution < 1.29 is 13.2 Å². The molecule has 7 heteroatoms. The van der Waals surface area contributed by atoms with Crippen molar-refractivity contribution in [2.45, 2.75) is 37.8 Å². The van der Waals surface area contributed by atoms with Crippen molar-refractivity contribution in [1.82, 2.24) is 9.62 Å². The molecule has 26 heavy (non-hydrogen) atoms. The number of halogens is 1. The predicted molar refractivity (Wildman–Crippen MR) is 106 cm³/mol. The van der Waals surface area contributed by atoms with E-state index in [1.165, 1.54) is 24.3 Å². The molecule has 2 aromatic carbocycles. The number of benzene rings is 2. The van der Waals surface area contributed by atoms with Crippen LogP contribution in [0, 0.1) is 0 Å². The Balaban J connectivity index is 2.11. The summed E-state index contributed by atoms with van der Waals surface area (Å²) in [5, 5.41) is 0. The number of carbonyl (C=O) groups is 1. The summed E-state index contributed by atoms with van der Waals surface area (Å²) in [6, 6.07) is 13.7. The van der Waals surface area contributed by atoms with Gasteiger partial charge >= 0.3 is 0 Å². The van der Waals surface area contributed by atoms with Crippen LogP contribution in [0.2, 0.25) is 0 Å². The molecule has 0 aliphatic rings. The van der Waals surface area contributed by atoms with E-state index in [-0.39, 0.29) is 10.8 Å². The molecule has 0 aromatic heterocycles. The maximum absolute atomic E-state index is 12.6. The molecule has 1 amide bonds. The SMILES string of the molecule is CN(Cc1ccc(Br)cc1)C(=O)c1ccc(S(=O)(=O)NC(C)(C)C)cc1. The molecule has 0 spiro atoms. The molecule has 0 aliphatic carbocycles. The van der Waals surface area contributed by atoms with Crippen LogP contribution >= 0.6 is 15.9 Å². The normalized spacial score (nSPS) is 12.0. The van der Waals surface area contributed by atoms with Gasteiger partial charge < -0.3 is 4.90 Å². The van der Waals surface area contributed by atoms with Gasteiger partial charge in [-0.3, -0.25) is 4.79 Å². The maximum Gasteiger partial charge on any atom is 0.253 e. The van der Waals surface area contributed by atoms with Crippen LogP contribution < -0.4 is 4.72 Å². The quantitative estimate of drug-likeness (QED) is 0.771. The zero-order valence-electron chi connectivity index (χ0n) is 15.3. The Kier molecular flexibility index (Phi) is 6.26. The van der Waals surface area contributed by atoms with E-state index in [2.05, 4.69) is 20.7 Å². The molecule has 0 unspecified atom stereocenters. The molecular weight excluding hydrogens is 416 g/mol. The highest BCUT2D eigenvalue weighted by Gasteiger charge is 2.22. The minimum Gasteiger partial charge on any atom is -0.337 e. The van der Waals surface area contributed by atoms with E-state index >= 15 is 0 Å². The van der Waals surface area contributed by atoms with Crippen LogP contribution in [0.25, 0.3) is 0 Å². The first-order valence-electron chi connectivity index (χ1n) is 8.12. The maximum atomic E-state index is 12.6. The van der Waals surface area contributed by atoms with Crippen LogP contribution in [0.5, 0.6) is 0 Å². The molecule has 0 heterocycles. The highest BCUT2D eigenvalue weighted by molar-refractivity contribution is 9.10. The van der Waals surface area contributed by atoms with Gasteiger partial charge in [-0.25, -0.2) is 13.1 Å². The second kappa shape index (κ2) is 7.90. The first kappa shape index (κ1) is 20.6. The second-order valence-corrected chi connectivity index (χ2v) is 9.77. The van der Waals surface area contributed by atoms with Gasteiger partial charge in [0.05, 0.1) is 4.90 Å². The highest BCUT2D eigenvalue weighted by atomic mass is 79.9. The van der Waals surface area contributed by atoms with Crippen LogP contribution in [0.3, 0.4) is 0 Å². The van der Waals surface area contributed by atoms with Crippen molar-refractivity contribution in [2.24, 2.45) is 0 Å². The number of hydrogen-bond donors (Lipinski definition) is 1. The van der Waals surface area contributed by atoms with Crippen molar-refractivity contribution >= 4 is 31.9 Å². The molecule has 0 bridgehead atoms. The van der Waals surface area contributed by atoms with E-state index in [1.54, 1.807) is 32.7 Å². The fraction of sp³-hybridized carbons (Fsp3) is 0.316. The van der Waals surface area contributed by atoms with Crippen LogP contribution in [0.1, 0.15) is 36.7 Å². The molecule has 2 rings (SSSR count). The molecule has 0 aliphatic heterocycles. The zero-order valence-corrected chi connectivity index (χ0v) is 17.7. The van der Waals surface area contributed by atoms with Gasteiger partial charge in [0.25, 0.3) is 5.91 Å². The van der Waals surface area contributed by atoms with Gasteiger partial charge in [-0.2, -0.15) is 0 Å². The molecule has 0 fully saturated rings. The molecule has 0 atom stereocenters. The van der Waals surface area contributed by atoms with Crippen LogP contribution in [0.4, 0.5) is 0 Å². The Bertz CT molecular complexity index is 870. The Morgan fingerprint density at radius 2 is 1.58 bits per heavy atom. The summed E-state index contributed by atoms with van der Waals surface area (Å²) in [5.74, 6) is -0.166. The first-order valence-corrected chi connectivity index (χ1v) is 10.4. The first-order chi connectivity index (χ1) is 12.0. The van der Waals surface area contributed by atoms with Gasteiger partial charge in [0.15, 0.2) is 0 Å². The minimum absolute atomic E-state index is 0.138. The van der Waals surface area contributed by atoms with Gasteiger partial charge in [0, 0.05) is 29.2 Å². The molecule has 140 valence electrons. The lowest BCUT2D eigenvalue weighted by Gasteiger charge is -2.21. The Morgan fingerprint density at radius 1 is 1.04 bits per heavy atom. The lowest BCUT2D eigenvalue weighted by Crippen LogP contribution is -2.40. The van der Waals surface area contributed by atoms with Gasteiger partial charge in [0.2, 0.25) is 10.0 Å². The summed E-state index contributed by atoms with van der Waals surface area (Å²) < 4.78 is 28.2. The zero-order chi connectivity index (χ0) is 19.5. The van der Waals surface area contributed by atoms with E-state index in [1.807, 2.05) is 24.3 Å². The van der Waals surface area contributed by atoms with Crippen LogP contribution in [-0.2, 0) is 16.6 Å². The second-order valence-electron chi connectivity index (χ2n) is 7.17. The Morgan fingerprint density at radius 3 is 2.08 bits per heavy atom. The monoisotopic (exact) mass is 438 g/mol. The van der Waals surface area contributed by atoms with Crippen molar-refractivity contribution in [2.75, 3.05) is 7.05 Å². The van der Waals surface area contributed by atoms with E-state index < -0.39 is 15.6 Å². The summed E-state index contributed by atoms with van der Waals surface area (Å²) in [4.78, 5) is 14.3. The average molecular weight is 439 g/mol. The molecule has 1 N–H and O–H groups in total. The van der Waals surface area contributed by atoms with E-state index in [0.29, 0.717) is 12.1 Å². The molecular formula is C19H23BrN2O3S. The molecule has 2 aromatic rings. The lowest BCUT2D eigenvalue weighted by atomic mass is 10.1. The van der Waals surface area contributed by atoms with E-state index in [9.17, 15) is 13.2 Å². The number of carbonyl (C=O) groups excluding carboxylic acids is 1. The summed E-state index contributed by atoms with van der Waals surface area (Å²) in [5.41, 5.74) is 0.884. The van der Waals surface area contributed by atoms with Gasteiger partial charge in [0.1, 0.15) is 0 Å². The molecule has 5 nitrogen and oxygen atoms in total. The number of nitrogens with one attached hydrogen (secondary N) is 1. The largest absolute Gasteiger partial charge is 0.337 e. The van der Waals surface area contributed by atoms with E-state index in [0.717, 1.165) is 10.0 Å². The van der Waals surface area contributed by atoms with Crippen molar-refractivity contribution in [3.8, 4) is 0 Å². The summed E-state index contributed by atoms with van der Waals surface area (Å²) in [7, 11) is -1.89. The van der Waals surface area contributed by atoms with Gasteiger partial charge in [-0.05, 0) is 62.7 Å². The van der Waals surface area contributed by atoms with E-state index in [4.69, 9.17) is 0 Å². The number of hydrogen-bond acceptors (Lipinski definition) is 3. The molecule has 0 radical (unpaired) electrons. The van der Waals surface area contributed by atoms with Gasteiger partial charge in [-0.1, -0.05) is 28.1 Å². The number of rotatable bonds is 5. The lowest BCUT2D eigenvalue weighted by molar-refractivity contribution is 0.0785. The highest BCUT2D eigenvalue weighted by Crippen LogP contribution is 2.16. The predicted octanol–water partition coefficient (Wildman–Crippen LogP) is 3.80. The number of nitrogens with zero attached hydrogens (tertiary/aromatic N) is 1. The smallest absolute Gasteiger partial charge is 0.253 e. The summed E-state index contributed by atoms with van der Waals surface area (Å²) >= 11 is 3.38. The van der Waals surface area contributed by atoms with Crippen LogP contribution in [-0.4, -0.2) is 31.8 Å². The average Bonchev–Trinajstić information content (AvgIpc) is 2.54. The fourth-order valence-electron chi connectivity index (χ4n) is 2.39. The Hall–Kier alpha value is -1.70. The third-order valence-corrected chi connectivity index (χ3v) is 5.83. The summed E-state index contributed by atoms with van der Waals surface area (Å²) in [6.45, 7) is 5.80. The third-order valence-electron chi connectivity index (χ3n) is 3.53. The topological polar surface area (TPSA) is 66.5 Å². The van der Waals surface area contributed by atoms with Crippen molar-refractivity contribution in [1.29, 1.82) is 0 Å². The molecule has 0 saturated carbocycles. The van der Waals surface area contributed by atoms with Crippen molar-refractivity contribution in [3.63, 3.8) is 0 Å². The minimum atomic E-state index is -3.61. The molecule has 0 saturated heterocycles. The third kappa shape index (κ3) is 5.65. The number of amides is 1. The van der Waals surface area contributed by atoms with Gasteiger partial charge in [-0.15, -0.1) is 0 Å². The summed E-state index contributed by atoms with van der Waals surface area (Å²) in [6.07, 6.45) is 0. The fourth-order valence-corrected chi connectivity index (χ4v) is 4.08. The van der Waals surface area contributed by atoms with Crippen molar-refractivity contribution in [3.05, 3.63) is 64.1 Å². The number of sulfonamides is 1. The van der Waals surface area contributed by atoms with Crippen LogP contribution in [0.15, 0.2) is 57.9 Å². The standard InChI is InChI=1S/C19H23BrN2O3S/c1-19(2,3)21-26(24,25)17-11-7-15(8-12-17)18(23)22(4)13-14-5-9-16(20)10-6-14/h5-12,21H,13H2,1-4H3.